The van der Waals surface area contributed by atoms with Crippen LogP contribution in [-0.4, -0.2) is 30.1 Å². The highest BCUT2D eigenvalue weighted by Gasteiger charge is 2.47. The largest absolute Gasteiger partial charge is 0.431 e. The van der Waals surface area contributed by atoms with Gasteiger partial charge in [0.2, 0.25) is 0 Å². The van der Waals surface area contributed by atoms with E-state index in [0.29, 0.717) is 12.5 Å². The monoisotopic (exact) mass is 448 g/mol. The fraction of sp³-hybridized carbons (Fsp3) is 0.389. The van der Waals surface area contributed by atoms with Gasteiger partial charge in [0.1, 0.15) is 5.54 Å². The summed E-state index contributed by atoms with van der Waals surface area (Å²) < 4.78 is 70.5. The molecule has 0 fully saturated rings. The Hall–Kier alpha value is -1.90. The van der Waals surface area contributed by atoms with Crippen molar-refractivity contribution in [1.29, 1.82) is 0 Å². The number of fused-ring (bicyclic) bond motifs is 3. The number of halogens is 6. The number of nitrogens with zero attached hydrogens (tertiary/aromatic N) is 2. The summed E-state index contributed by atoms with van der Waals surface area (Å²) in [7, 11) is 0. The van der Waals surface area contributed by atoms with Crippen molar-refractivity contribution in [2.24, 2.45) is 4.99 Å². The van der Waals surface area contributed by atoms with Gasteiger partial charge in [0.15, 0.2) is 11.6 Å². The number of hydrogen-bond acceptors (Lipinski definition) is 3. The summed E-state index contributed by atoms with van der Waals surface area (Å²) in [6.07, 6.45) is -0.934. The van der Waals surface area contributed by atoms with Gasteiger partial charge < -0.3 is 9.64 Å². The molecule has 0 unspecified atom stereocenters. The van der Waals surface area contributed by atoms with E-state index in [2.05, 4.69) is 25.7 Å². The number of amidine groups is 1. The fourth-order valence-electron chi connectivity index (χ4n) is 3.93. The smallest absolute Gasteiger partial charge is 0.417 e. The van der Waals surface area contributed by atoms with Crippen LogP contribution in [0.15, 0.2) is 51.3 Å². The Labute approximate surface area is 160 Å². The van der Waals surface area contributed by atoms with E-state index in [1.54, 1.807) is 0 Å². The van der Waals surface area contributed by atoms with E-state index in [0.717, 1.165) is 34.6 Å². The minimum atomic E-state index is -4.68. The number of hydrogen-bond donors (Lipinski definition) is 0. The first-order valence-electron chi connectivity index (χ1n) is 8.30. The highest BCUT2D eigenvalue weighted by Crippen LogP contribution is 2.46. The van der Waals surface area contributed by atoms with Gasteiger partial charge in [-0.05, 0) is 42.5 Å². The Kier molecular flexibility index (Phi) is 4.32. The quantitative estimate of drug-likeness (QED) is 0.575. The molecule has 0 saturated carbocycles. The molecule has 3 aliphatic rings. The van der Waals surface area contributed by atoms with Crippen molar-refractivity contribution in [3.63, 3.8) is 0 Å². The Bertz CT molecular complexity index is 877. The van der Waals surface area contributed by atoms with Crippen LogP contribution in [0.25, 0.3) is 0 Å². The number of benzene rings is 1. The van der Waals surface area contributed by atoms with Crippen LogP contribution in [0.4, 0.5) is 22.0 Å². The maximum atomic E-state index is 13.2. The number of allylic oxidation sites excluding steroid dienone is 2. The van der Waals surface area contributed by atoms with Crippen molar-refractivity contribution < 1.29 is 26.7 Å². The summed E-state index contributed by atoms with van der Waals surface area (Å²) in [5.74, 6) is -0.546. The normalized spacial score (nSPS) is 24.4. The first kappa shape index (κ1) is 18.5. The van der Waals surface area contributed by atoms with Gasteiger partial charge in [-0.2, -0.15) is 22.0 Å². The Morgan fingerprint density at radius 1 is 1.26 bits per heavy atom. The Morgan fingerprint density at radius 2 is 2.04 bits per heavy atom. The van der Waals surface area contributed by atoms with Gasteiger partial charge in [-0.25, -0.2) is 0 Å². The van der Waals surface area contributed by atoms with Crippen LogP contribution >= 0.6 is 15.9 Å². The molecule has 4 rings (SSSR count). The van der Waals surface area contributed by atoms with Crippen molar-refractivity contribution in [1.82, 2.24) is 4.90 Å². The molecule has 0 amide bonds. The summed E-state index contributed by atoms with van der Waals surface area (Å²) in [5.41, 5.74) is 0.130. The van der Waals surface area contributed by atoms with E-state index in [-0.39, 0.29) is 12.4 Å². The molecule has 1 spiro atoms. The van der Waals surface area contributed by atoms with Crippen LogP contribution in [0, 0.1) is 0 Å². The second kappa shape index (κ2) is 6.32. The molecule has 1 aromatic rings. The van der Waals surface area contributed by atoms with Crippen LogP contribution in [0.2, 0.25) is 0 Å². The second-order valence-electron chi connectivity index (χ2n) is 6.68. The number of ether oxygens (including phenoxy) is 1. The highest BCUT2D eigenvalue weighted by atomic mass is 79.9. The molecule has 0 bridgehead atoms. The molecule has 2 heterocycles. The van der Waals surface area contributed by atoms with Crippen LogP contribution < -0.4 is 0 Å². The Balaban J connectivity index is 1.82. The zero-order chi connectivity index (χ0) is 19.4. The van der Waals surface area contributed by atoms with E-state index in [1.165, 1.54) is 4.90 Å². The lowest BCUT2D eigenvalue weighted by Crippen LogP contribution is -2.36. The van der Waals surface area contributed by atoms with Gasteiger partial charge in [-0.3, -0.25) is 4.99 Å². The van der Waals surface area contributed by atoms with E-state index >= 15 is 0 Å². The summed E-state index contributed by atoms with van der Waals surface area (Å²) in [6.45, 7) is -3.09. The average molecular weight is 449 g/mol. The molecular weight excluding hydrogens is 435 g/mol. The van der Waals surface area contributed by atoms with Gasteiger partial charge in [-0.1, -0.05) is 28.1 Å². The Morgan fingerprint density at radius 3 is 2.74 bits per heavy atom. The third-order valence-corrected chi connectivity index (χ3v) is 5.75. The summed E-state index contributed by atoms with van der Waals surface area (Å²) in [6, 6.07) is 5.64. The lowest BCUT2D eigenvalue weighted by atomic mass is 9.77. The van der Waals surface area contributed by atoms with Crippen molar-refractivity contribution in [2.75, 3.05) is 6.54 Å². The maximum Gasteiger partial charge on any atom is 0.417 e. The predicted octanol–water partition coefficient (Wildman–Crippen LogP) is 5.28. The van der Waals surface area contributed by atoms with Crippen LogP contribution in [0.1, 0.15) is 24.0 Å². The van der Waals surface area contributed by atoms with Gasteiger partial charge >= 0.3 is 12.8 Å². The molecular formula is C18H14BrF5N2O. The number of rotatable bonds is 2. The molecule has 144 valence electrons. The molecule has 0 aromatic heterocycles. The summed E-state index contributed by atoms with van der Waals surface area (Å²) in [4.78, 5) is 5.89. The van der Waals surface area contributed by atoms with Gasteiger partial charge in [0.25, 0.3) is 0 Å². The van der Waals surface area contributed by atoms with E-state index in [9.17, 15) is 22.0 Å². The van der Waals surface area contributed by atoms with Gasteiger partial charge in [-0.15, -0.1) is 0 Å². The van der Waals surface area contributed by atoms with Gasteiger partial charge in [0.05, 0.1) is 12.1 Å². The topological polar surface area (TPSA) is 24.8 Å². The lowest BCUT2D eigenvalue weighted by Gasteiger charge is -2.34. The summed E-state index contributed by atoms with van der Waals surface area (Å²) in [5, 5.41) is 0. The van der Waals surface area contributed by atoms with Crippen LogP contribution in [-0.2, 0) is 16.7 Å². The zero-order valence-electron chi connectivity index (χ0n) is 13.9. The third kappa shape index (κ3) is 3.15. The summed E-state index contributed by atoms with van der Waals surface area (Å²) >= 11 is 3.51. The van der Waals surface area contributed by atoms with E-state index < -0.39 is 29.7 Å². The van der Waals surface area contributed by atoms with E-state index in [4.69, 9.17) is 0 Å². The average Bonchev–Trinajstić information content (AvgIpc) is 2.94. The highest BCUT2D eigenvalue weighted by molar-refractivity contribution is 9.10. The first-order valence-corrected chi connectivity index (χ1v) is 9.09. The molecule has 1 aliphatic carbocycles. The van der Waals surface area contributed by atoms with Crippen LogP contribution in [0.5, 0.6) is 0 Å². The molecule has 1 atom stereocenters. The first-order chi connectivity index (χ1) is 12.7. The minimum absolute atomic E-state index is 0.0103. The van der Waals surface area contributed by atoms with Crippen molar-refractivity contribution in [3.8, 4) is 0 Å². The van der Waals surface area contributed by atoms with Crippen molar-refractivity contribution >= 4 is 21.8 Å². The molecule has 1 aromatic carbocycles. The zero-order valence-corrected chi connectivity index (χ0v) is 15.4. The lowest BCUT2D eigenvalue weighted by molar-refractivity contribution is -0.0981. The molecule has 27 heavy (non-hydrogen) atoms. The van der Waals surface area contributed by atoms with E-state index in [1.807, 2.05) is 18.2 Å². The molecule has 0 N–H and O–H groups in total. The molecule has 2 aliphatic heterocycles. The maximum absolute atomic E-state index is 13.2. The molecule has 3 nitrogen and oxygen atoms in total. The molecule has 9 heteroatoms. The SMILES string of the molecule is FC(F)OC1=CC(C(F)(F)F)=CN2C[C@]3(CCCc4c(Br)cccc43)N=C12. The number of alkyl halides is 5. The van der Waals surface area contributed by atoms with Crippen LogP contribution in [0.3, 0.4) is 0 Å². The third-order valence-electron chi connectivity index (χ3n) is 5.01. The molecule has 0 saturated heterocycles. The van der Waals surface area contributed by atoms with Crippen molar-refractivity contribution in [2.45, 2.75) is 37.6 Å². The fourth-order valence-corrected chi connectivity index (χ4v) is 4.50. The minimum Gasteiger partial charge on any atom is -0.431 e. The standard InChI is InChI=1S/C18H14BrF5N2O/c19-13-5-1-4-12-11(13)3-2-6-17(12)9-26-8-10(18(22,23)24)7-14(15(26)25-17)27-16(20)21/h1,4-5,7-8,16H,2-3,6,9H2/t17-/m0/s1. The number of aliphatic imine (C=N–C) groups is 1. The van der Waals surface area contributed by atoms with Crippen molar-refractivity contribution in [3.05, 3.63) is 57.4 Å². The molecule has 0 radical (unpaired) electrons. The van der Waals surface area contributed by atoms with Gasteiger partial charge in [0, 0.05) is 10.7 Å². The second-order valence-corrected chi connectivity index (χ2v) is 7.54. The predicted molar refractivity (Wildman–Crippen MR) is 92.2 cm³/mol.